The summed E-state index contributed by atoms with van der Waals surface area (Å²) >= 11 is 0. The highest BCUT2D eigenvalue weighted by Crippen LogP contribution is 2.23. The van der Waals surface area contributed by atoms with Crippen LogP contribution in [0.2, 0.25) is 0 Å². The summed E-state index contributed by atoms with van der Waals surface area (Å²) in [6.07, 6.45) is 0.919. The number of hydrogen-bond acceptors (Lipinski definition) is 5. The minimum atomic E-state index is -0.339. The number of nitrogens with one attached hydrogen (secondary N) is 1. The maximum atomic E-state index is 12.8. The fourth-order valence-electron chi connectivity index (χ4n) is 2.96. The van der Waals surface area contributed by atoms with E-state index in [0.29, 0.717) is 17.1 Å². The second kappa shape index (κ2) is 8.29. The lowest BCUT2D eigenvalue weighted by molar-refractivity contribution is 0.101. The monoisotopic (exact) mass is 382 g/mol. The van der Waals surface area contributed by atoms with Gasteiger partial charge in [-0.05, 0) is 51.3 Å². The van der Waals surface area contributed by atoms with E-state index in [-0.39, 0.29) is 18.2 Å². The lowest BCUT2D eigenvalue weighted by Crippen LogP contribution is -2.18. The van der Waals surface area contributed by atoms with Crippen molar-refractivity contribution in [3.63, 3.8) is 0 Å². The number of rotatable bonds is 7. The van der Waals surface area contributed by atoms with Gasteiger partial charge in [0, 0.05) is 12.6 Å². The second-order valence-corrected chi connectivity index (χ2v) is 6.97. The van der Waals surface area contributed by atoms with Crippen LogP contribution in [0.1, 0.15) is 52.0 Å². The lowest BCUT2D eigenvalue weighted by Gasteiger charge is -2.11. The van der Waals surface area contributed by atoms with E-state index in [4.69, 9.17) is 9.26 Å². The van der Waals surface area contributed by atoms with Crippen molar-refractivity contribution < 1.29 is 14.1 Å². The molecule has 1 aromatic carbocycles. The molecule has 0 aliphatic carbocycles. The number of anilines is 1. The molecule has 0 spiro atoms. The first-order chi connectivity index (χ1) is 13.4. The average molecular weight is 382 g/mol. The molecule has 2 heterocycles. The molecule has 0 aliphatic rings. The predicted molar refractivity (Wildman–Crippen MR) is 107 cm³/mol. The highest BCUT2D eigenvalue weighted by molar-refractivity contribution is 6.03. The number of aromatic nitrogens is 3. The van der Waals surface area contributed by atoms with Crippen LogP contribution in [0.3, 0.4) is 0 Å². The third-order valence-corrected chi connectivity index (χ3v) is 4.49. The molecule has 0 saturated heterocycles. The van der Waals surface area contributed by atoms with Gasteiger partial charge in [-0.3, -0.25) is 4.79 Å². The Hall–Kier alpha value is -3.09. The maximum absolute atomic E-state index is 12.8. The normalized spacial score (nSPS) is 10.9. The first-order valence-electron chi connectivity index (χ1n) is 9.40. The van der Waals surface area contributed by atoms with Crippen LogP contribution >= 0.6 is 0 Å². The van der Waals surface area contributed by atoms with Gasteiger partial charge in [-0.2, -0.15) is 5.10 Å². The largest absolute Gasteiger partial charge is 0.488 e. The summed E-state index contributed by atoms with van der Waals surface area (Å²) in [5.74, 6) is 1.65. The molecule has 0 saturated carbocycles. The number of benzene rings is 1. The SMILES string of the molecule is CCCn1nc(C)cc1NC(=O)c1noc(C)c1COc1cc(C)ccc1C. The summed E-state index contributed by atoms with van der Waals surface area (Å²) in [7, 11) is 0. The fourth-order valence-corrected chi connectivity index (χ4v) is 2.96. The number of hydrogen-bond donors (Lipinski definition) is 1. The van der Waals surface area contributed by atoms with Gasteiger partial charge in [0.15, 0.2) is 5.69 Å². The van der Waals surface area contributed by atoms with Crippen molar-refractivity contribution in [1.29, 1.82) is 0 Å². The Morgan fingerprint density at radius 1 is 1.21 bits per heavy atom. The van der Waals surface area contributed by atoms with E-state index in [1.54, 1.807) is 11.6 Å². The van der Waals surface area contributed by atoms with Crippen LogP contribution in [0.5, 0.6) is 5.75 Å². The van der Waals surface area contributed by atoms with Crippen LogP contribution in [0.25, 0.3) is 0 Å². The van der Waals surface area contributed by atoms with Crippen LogP contribution in [0, 0.1) is 27.7 Å². The number of nitrogens with zero attached hydrogens (tertiary/aromatic N) is 3. The highest BCUT2D eigenvalue weighted by atomic mass is 16.5. The van der Waals surface area contributed by atoms with E-state index >= 15 is 0 Å². The lowest BCUT2D eigenvalue weighted by atomic mass is 10.1. The van der Waals surface area contributed by atoms with Gasteiger partial charge in [0.25, 0.3) is 5.91 Å². The first kappa shape index (κ1) is 19.7. The molecule has 3 aromatic rings. The first-order valence-corrected chi connectivity index (χ1v) is 9.40. The van der Waals surface area contributed by atoms with Crippen molar-refractivity contribution >= 4 is 11.7 Å². The van der Waals surface area contributed by atoms with Crippen molar-refractivity contribution in [3.05, 3.63) is 58.1 Å². The Labute approximate surface area is 164 Å². The van der Waals surface area contributed by atoms with Crippen molar-refractivity contribution in [2.24, 2.45) is 0 Å². The molecule has 3 rings (SSSR count). The molecule has 7 nitrogen and oxygen atoms in total. The van der Waals surface area contributed by atoms with Gasteiger partial charge in [0.1, 0.15) is 23.9 Å². The van der Waals surface area contributed by atoms with Gasteiger partial charge in [0.05, 0.1) is 11.3 Å². The van der Waals surface area contributed by atoms with Crippen molar-refractivity contribution in [1.82, 2.24) is 14.9 Å². The number of carbonyl (C=O) groups excluding carboxylic acids is 1. The summed E-state index contributed by atoms with van der Waals surface area (Å²) in [5, 5.41) is 11.2. The van der Waals surface area contributed by atoms with E-state index in [2.05, 4.69) is 22.5 Å². The molecule has 1 N–H and O–H groups in total. The predicted octanol–water partition coefficient (Wildman–Crippen LogP) is 4.35. The molecule has 1 amide bonds. The molecule has 28 heavy (non-hydrogen) atoms. The number of carbonyl (C=O) groups is 1. The molecular formula is C21H26N4O3. The third kappa shape index (κ3) is 4.24. The Morgan fingerprint density at radius 2 is 2.00 bits per heavy atom. The van der Waals surface area contributed by atoms with Gasteiger partial charge < -0.3 is 14.6 Å². The van der Waals surface area contributed by atoms with Crippen molar-refractivity contribution in [3.8, 4) is 5.75 Å². The summed E-state index contributed by atoms with van der Waals surface area (Å²) in [4.78, 5) is 12.8. The standard InChI is InChI=1S/C21H26N4O3/c1-6-9-25-19(11-15(4)23-25)22-21(26)20-17(16(5)28-24-20)12-27-18-10-13(2)7-8-14(18)3/h7-8,10-11H,6,9,12H2,1-5H3,(H,22,26). The summed E-state index contributed by atoms with van der Waals surface area (Å²) in [6.45, 7) is 10.7. The molecule has 0 bridgehead atoms. The molecule has 148 valence electrons. The number of amides is 1. The fraction of sp³-hybridized carbons (Fsp3) is 0.381. The van der Waals surface area contributed by atoms with E-state index in [1.807, 2.05) is 45.0 Å². The minimum Gasteiger partial charge on any atom is -0.488 e. The zero-order valence-electron chi connectivity index (χ0n) is 17.0. The zero-order valence-corrected chi connectivity index (χ0v) is 17.0. The van der Waals surface area contributed by atoms with Gasteiger partial charge >= 0.3 is 0 Å². The molecule has 0 unspecified atom stereocenters. The van der Waals surface area contributed by atoms with Crippen LogP contribution in [0.15, 0.2) is 28.8 Å². The molecule has 7 heteroatoms. The van der Waals surface area contributed by atoms with Gasteiger partial charge in [0.2, 0.25) is 0 Å². The van der Waals surface area contributed by atoms with E-state index < -0.39 is 0 Å². The molecule has 0 radical (unpaired) electrons. The summed E-state index contributed by atoms with van der Waals surface area (Å²) in [5.41, 5.74) is 3.85. The van der Waals surface area contributed by atoms with Gasteiger partial charge in [-0.25, -0.2) is 4.68 Å². The Balaban J connectivity index is 1.78. The van der Waals surface area contributed by atoms with E-state index in [0.717, 1.165) is 35.5 Å². The summed E-state index contributed by atoms with van der Waals surface area (Å²) < 4.78 is 13.0. The maximum Gasteiger partial charge on any atom is 0.279 e. The van der Waals surface area contributed by atoms with E-state index in [1.165, 1.54) is 0 Å². The summed E-state index contributed by atoms with van der Waals surface area (Å²) in [6, 6.07) is 7.86. The molecule has 0 fully saturated rings. The molecule has 0 aliphatic heterocycles. The van der Waals surface area contributed by atoms with Crippen molar-refractivity contribution in [2.75, 3.05) is 5.32 Å². The highest BCUT2D eigenvalue weighted by Gasteiger charge is 2.22. The van der Waals surface area contributed by atoms with Crippen LogP contribution < -0.4 is 10.1 Å². The topological polar surface area (TPSA) is 82.2 Å². The quantitative estimate of drug-likeness (QED) is 0.657. The van der Waals surface area contributed by atoms with Crippen LogP contribution in [-0.2, 0) is 13.2 Å². The molecule has 0 atom stereocenters. The van der Waals surface area contributed by atoms with Gasteiger partial charge in [-0.1, -0.05) is 24.2 Å². The Bertz CT molecular complexity index is 988. The Kier molecular flexibility index (Phi) is 5.82. The van der Waals surface area contributed by atoms with Crippen LogP contribution in [-0.4, -0.2) is 20.8 Å². The zero-order chi connectivity index (χ0) is 20.3. The Morgan fingerprint density at radius 3 is 2.75 bits per heavy atom. The van der Waals surface area contributed by atoms with E-state index in [9.17, 15) is 4.79 Å². The molecular weight excluding hydrogens is 356 g/mol. The number of aryl methyl sites for hydroxylation is 5. The smallest absolute Gasteiger partial charge is 0.279 e. The van der Waals surface area contributed by atoms with Gasteiger partial charge in [-0.15, -0.1) is 0 Å². The average Bonchev–Trinajstić information content (AvgIpc) is 3.18. The van der Waals surface area contributed by atoms with Crippen LogP contribution in [0.4, 0.5) is 5.82 Å². The molecule has 2 aromatic heterocycles. The number of ether oxygens (including phenoxy) is 1. The second-order valence-electron chi connectivity index (χ2n) is 6.97. The third-order valence-electron chi connectivity index (χ3n) is 4.49. The van der Waals surface area contributed by atoms with Crippen molar-refractivity contribution in [2.45, 2.75) is 54.2 Å². The minimum absolute atomic E-state index is 0.204.